The molecule has 0 aliphatic heterocycles. The van der Waals surface area contributed by atoms with E-state index in [1.165, 1.54) is 22.0 Å². The SMILES string of the molecule is CC(C)[Si](C#CP(C#C[Si](C(C)C)(C(C)C)C(C)C)c1c(C(C)(C)C)cc(C(C)(C)C)cc1C(C)(C)C)(C(C)C)C(C)C. The lowest BCUT2D eigenvalue weighted by Crippen LogP contribution is -2.43. The number of benzene rings is 1. The Bertz CT molecular complexity index is 1070. The Balaban J connectivity index is 4.59. The third-order valence-electron chi connectivity index (χ3n) is 10.3. The lowest BCUT2D eigenvalue weighted by Gasteiger charge is -2.39. The summed E-state index contributed by atoms with van der Waals surface area (Å²) in [6.07, 6.45) is 0. The normalized spacial score (nSPS) is 13.9. The molecule has 3 heteroatoms. The summed E-state index contributed by atoms with van der Waals surface area (Å²) in [5.74, 6) is 0. The van der Waals surface area contributed by atoms with Gasteiger partial charge in [0.1, 0.15) is 16.1 Å². The molecule has 0 N–H and O–H groups in total. The second kappa shape index (κ2) is 14.3. The Morgan fingerprint density at radius 2 is 0.721 bits per heavy atom. The Kier molecular flexibility index (Phi) is 13.4. The second-order valence-corrected chi connectivity index (χ2v) is 31.0. The van der Waals surface area contributed by atoms with E-state index >= 15 is 0 Å². The van der Waals surface area contributed by atoms with Crippen LogP contribution in [0.2, 0.25) is 33.2 Å². The van der Waals surface area contributed by atoms with E-state index in [0.717, 1.165) is 0 Å². The van der Waals surface area contributed by atoms with Crippen LogP contribution in [-0.2, 0) is 16.2 Å². The van der Waals surface area contributed by atoms with Crippen molar-refractivity contribution in [1.82, 2.24) is 0 Å². The largest absolute Gasteiger partial charge is 0.146 e. The second-order valence-electron chi connectivity index (χ2n) is 18.3. The minimum absolute atomic E-state index is 0.00808. The Labute approximate surface area is 274 Å². The quantitative estimate of drug-likeness (QED) is 0.158. The molecule has 43 heavy (non-hydrogen) atoms. The summed E-state index contributed by atoms with van der Waals surface area (Å²) in [4.78, 5) is 0. The molecule has 0 atom stereocenters. The van der Waals surface area contributed by atoms with Gasteiger partial charge in [-0.2, -0.15) is 0 Å². The van der Waals surface area contributed by atoms with Gasteiger partial charge in [-0.05, 0) is 66.2 Å². The first-order valence-electron chi connectivity index (χ1n) is 17.2. The third-order valence-corrected chi connectivity index (χ3v) is 24.9. The van der Waals surface area contributed by atoms with Gasteiger partial charge in [0, 0.05) is 5.30 Å². The maximum absolute atomic E-state index is 4.19. The van der Waals surface area contributed by atoms with Crippen LogP contribution in [0.1, 0.15) is 162 Å². The monoisotopic (exact) mass is 638 g/mol. The van der Waals surface area contributed by atoms with E-state index in [2.05, 4.69) is 180 Å². The topological polar surface area (TPSA) is 0 Å². The van der Waals surface area contributed by atoms with Gasteiger partial charge in [0.25, 0.3) is 0 Å². The van der Waals surface area contributed by atoms with Gasteiger partial charge in [-0.15, -0.1) is 11.1 Å². The van der Waals surface area contributed by atoms with Gasteiger partial charge >= 0.3 is 0 Å². The average molecular weight is 639 g/mol. The first-order chi connectivity index (χ1) is 19.2. The molecule has 1 aromatic rings. The number of hydrogen-bond donors (Lipinski definition) is 0. The van der Waals surface area contributed by atoms with Crippen molar-refractivity contribution in [1.29, 1.82) is 0 Å². The molecule has 0 radical (unpaired) electrons. The van der Waals surface area contributed by atoms with Crippen molar-refractivity contribution in [2.75, 3.05) is 0 Å². The fourth-order valence-corrected chi connectivity index (χ4v) is 21.5. The third kappa shape index (κ3) is 8.72. The summed E-state index contributed by atoms with van der Waals surface area (Å²) < 4.78 is 0. The standard InChI is InChI=1S/C40H71PSi2/c1-28(2)42(29(3)4,30(5)6)24-22-41(23-25-43(31(7)8,32(9)10)33(11)12)37-35(39(16,17)18)26-34(38(13,14)15)27-36(37)40(19,20)21/h26-33H,1-21H3. The van der Waals surface area contributed by atoms with Crippen molar-refractivity contribution < 1.29 is 0 Å². The molecule has 0 amide bonds. The lowest BCUT2D eigenvalue weighted by atomic mass is 9.75. The molecule has 0 aliphatic rings. The molecule has 244 valence electrons. The van der Waals surface area contributed by atoms with E-state index in [4.69, 9.17) is 0 Å². The van der Waals surface area contributed by atoms with Gasteiger partial charge in [-0.25, -0.2) is 0 Å². The summed E-state index contributed by atoms with van der Waals surface area (Å²) in [6.45, 7) is 50.6. The molecule has 0 saturated carbocycles. The van der Waals surface area contributed by atoms with Crippen molar-refractivity contribution >= 4 is 29.4 Å². The maximum Gasteiger partial charge on any atom is 0.146 e. The molecule has 0 spiro atoms. The van der Waals surface area contributed by atoms with Crippen LogP contribution >= 0.6 is 7.92 Å². The molecule has 0 unspecified atom stereocenters. The van der Waals surface area contributed by atoms with Gasteiger partial charge in [0.15, 0.2) is 0 Å². The number of hydrogen-bond acceptors (Lipinski definition) is 0. The lowest BCUT2D eigenvalue weighted by molar-refractivity contribution is 0.553. The van der Waals surface area contributed by atoms with Crippen LogP contribution in [0.5, 0.6) is 0 Å². The predicted molar refractivity (Wildman–Crippen MR) is 207 cm³/mol. The van der Waals surface area contributed by atoms with Crippen molar-refractivity contribution in [2.24, 2.45) is 0 Å². The molecule has 1 aromatic carbocycles. The minimum Gasteiger partial charge on any atom is -0.125 e. The highest BCUT2D eigenvalue weighted by Crippen LogP contribution is 2.47. The summed E-state index contributed by atoms with van der Waals surface area (Å²) in [6, 6.07) is 5.05. The molecular formula is C40H71PSi2. The van der Waals surface area contributed by atoms with Crippen molar-refractivity contribution in [3.05, 3.63) is 28.8 Å². The van der Waals surface area contributed by atoms with E-state index in [1.54, 1.807) is 0 Å². The van der Waals surface area contributed by atoms with Crippen LogP contribution in [0.4, 0.5) is 0 Å². The van der Waals surface area contributed by atoms with Crippen LogP contribution in [-0.4, -0.2) is 16.1 Å². The van der Waals surface area contributed by atoms with Gasteiger partial charge in [-0.3, -0.25) is 0 Å². The minimum atomic E-state index is -1.93. The van der Waals surface area contributed by atoms with E-state index in [1.807, 2.05) is 0 Å². The van der Waals surface area contributed by atoms with E-state index < -0.39 is 24.1 Å². The fraction of sp³-hybridized carbons (Fsp3) is 0.750. The molecule has 0 aliphatic carbocycles. The summed E-state index contributed by atoms with van der Waals surface area (Å²) in [5, 5.41) is 1.46. The van der Waals surface area contributed by atoms with Gasteiger partial charge in [-0.1, -0.05) is 169 Å². The van der Waals surface area contributed by atoms with Gasteiger partial charge in [0.05, 0.1) is 7.92 Å². The molecule has 0 aromatic heterocycles. The smallest absolute Gasteiger partial charge is 0.125 e. The summed E-state index contributed by atoms with van der Waals surface area (Å²) in [7, 11) is -4.87. The van der Waals surface area contributed by atoms with Gasteiger partial charge in [0.2, 0.25) is 0 Å². The average Bonchev–Trinajstić information content (AvgIpc) is 2.79. The molecule has 0 heterocycles. The zero-order chi connectivity index (χ0) is 34.1. The molecule has 0 saturated heterocycles. The Morgan fingerprint density at radius 3 is 0.907 bits per heavy atom. The van der Waals surface area contributed by atoms with Crippen LogP contribution in [0.25, 0.3) is 0 Å². The molecule has 0 bridgehead atoms. The van der Waals surface area contributed by atoms with Gasteiger partial charge < -0.3 is 0 Å². The Morgan fingerprint density at radius 1 is 0.465 bits per heavy atom. The van der Waals surface area contributed by atoms with Crippen molar-refractivity contribution in [2.45, 2.75) is 195 Å². The highest BCUT2D eigenvalue weighted by molar-refractivity contribution is 7.75. The Hall–Kier alpha value is -0.796. The highest BCUT2D eigenvalue weighted by atomic mass is 31.1. The van der Waals surface area contributed by atoms with Crippen molar-refractivity contribution in [3.8, 4) is 22.4 Å². The van der Waals surface area contributed by atoms with Crippen LogP contribution < -0.4 is 5.30 Å². The maximum atomic E-state index is 4.19. The number of rotatable bonds is 7. The fourth-order valence-electron chi connectivity index (χ4n) is 7.76. The zero-order valence-electron chi connectivity index (χ0n) is 32.6. The summed E-state index contributed by atoms with van der Waals surface area (Å²) in [5.41, 5.74) is 24.6. The van der Waals surface area contributed by atoms with Crippen molar-refractivity contribution in [3.63, 3.8) is 0 Å². The van der Waals surface area contributed by atoms with Crippen LogP contribution in [0.15, 0.2) is 12.1 Å². The zero-order valence-corrected chi connectivity index (χ0v) is 35.5. The van der Waals surface area contributed by atoms with E-state index in [9.17, 15) is 0 Å². The molecule has 1 rings (SSSR count). The highest BCUT2D eigenvalue weighted by Gasteiger charge is 2.43. The first kappa shape index (κ1) is 40.2. The van der Waals surface area contributed by atoms with E-state index in [0.29, 0.717) is 33.2 Å². The first-order valence-corrected chi connectivity index (χ1v) is 23.0. The molecular weight excluding hydrogens is 568 g/mol. The van der Waals surface area contributed by atoms with E-state index in [-0.39, 0.29) is 16.2 Å². The summed E-state index contributed by atoms with van der Waals surface area (Å²) >= 11 is 0. The molecule has 0 fully saturated rings. The van der Waals surface area contributed by atoms with Crippen LogP contribution in [0, 0.1) is 22.4 Å². The molecule has 0 nitrogen and oxygen atoms in total. The predicted octanol–water partition coefficient (Wildman–Crippen LogP) is 13.0. The van der Waals surface area contributed by atoms with Crippen LogP contribution in [0.3, 0.4) is 0 Å².